The van der Waals surface area contributed by atoms with Gasteiger partial charge in [0, 0.05) is 6.92 Å². The average molecular weight is 187 g/mol. The summed E-state index contributed by atoms with van der Waals surface area (Å²) < 4.78 is 5.21. The molecule has 0 saturated carbocycles. The molecular weight excluding hydrogens is 174 g/mol. The third kappa shape index (κ3) is 1.65. The summed E-state index contributed by atoms with van der Waals surface area (Å²) in [6, 6.07) is -0.854. The number of aliphatic carboxylic acids is 1. The Morgan fingerprint density at radius 3 is 2.38 bits per heavy atom. The standard InChI is InChI=1S/C8H13NO4/c1-5(10)9-6(7(11)12)4-13-8(9,2)3/h6H,4H2,1-3H3,(H,11,12). The number of hydrogen-bond acceptors (Lipinski definition) is 3. The van der Waals surface area contributed by atoms with E-state index in [1.165, 1.54) is 11.8 Å². The number of amides is 1. The molecule has 1 heterocycles. The van der Waals surface area contributed by atoms with Crippen molar-refractivity contribution in [1.29, 1.82) is 0 Å². The van der Waals surface area contributed by atoms with Crippen molar-refractivity contribution in [3.05, 3.63) is 0 Å². The monoisotopic (exact) mass is 187 g/mol. The molecule has 1 saturated heterocycles. The van der Waals surface area contributed by atoms with E-state index in [0.29, 0.717) is 0 Å². The summed E-state index contributed by atoms with van der Waals surface area (Å²) >= 11 is 0. The molecule has 1 aliphatic heterocycles. The van der Waals surface area contributed by atoms with Gasteiger partial charge in [-0.2, -0.15) is 0 Å². The Bertz CT molecular complexity index is 249. The van der Waals surface area contributed by atoms with Gasteiger partial charge in [0.15, 0.2) is 6.04 Å². The summed E-state index contributed by atoms with van der Waals surface area (Å²) in [6.07, 6.45) is 0. The van der Waals surface area contributed by atoms with Crippen LogP contribution >= 0.6 is 0 Å². The zero-order valence-corrected chi connectivity index (χ0v) is 7.90. The van der Waals surface area contributed by atoms with Crippen LogP contribution in [-0.2, 0) is 14.3 Å². The second kappa shape index (κ2) is 2.99. The maximum Gasteiger partial charge on any atom is 0.328 e. The third-order valence-corrected chi connectivity index (χ3v) is 2.11. The molecule has 0 aromatic rings. The summed E-state index contributed by atoms with van der Waals surface area (Å²) in [5, 5.41) is 8.79. The van der Waals surface area contributed by atoms with Gasteiger partial charge in [0.1, 0.15) is 5.72 Å². The molecule has 0 aliphatic carbocycles. The topological polar surface area (TPSA) is 66.8 Å². The fraction of sp³-hybridized carbons (Fsp3) is 0.750. The van der Waals surface area contributed by atoms with Gasteiger partial charge in [-0.25, -0.2) is 4.79 Å². The highest BCUT2D eigenvalue weighted by molar-refractivity contribution is 5.83. The van der Waals surface area contributed by atoms with E-state index < -0.39 is 17.7 Å². The Kier molecular flexibility index (Phi) is 2.30. The van der Waals surface area contributed by atoms with Gasteiger partial charge in [0.05, 0.1) is 6.61 Å². The van der Waals surface area contributed by atoms with E-state index >= 15 is 0 Å². The maximum absolute atomic E-state index is 11.2. The fourth-order valence-corrected chi connectivity index (χ4v) is 1.58. The smallest absolute Gasteiger partial charge is 0.328 e. The van der Waals surface area contributed by atoms with E-state index in [1.54, 1.807) is 13.8 Å². The predicted molar refractivity (Wildman–Crippen MR) is 44.0 cm³/mol. The zero-order chi connectivity index (χ0) is 10.2. The second-order valence-electron chi connectivity index (χ2n) is 3.50. The van der Waals surface area contributed by atoms with Crippen molar-refractivity contribution in [2.75, 3.05) is 6.61 Å². The first kappa shape index (κ1) is 9.98. The van der Waals surface area contributed by atoms with Crippen molar-refractivity contribution < 1.29 is 19.4 Å². The number of rotatable bonds is 1. The van der Waals surface area contributed by atoms with Crippen LogP contribution in [0.3, 0.4) is 0 Å². The lowest BCUT2D eigenvalue weighted by atomic mass is 10.2. The largest absolute Gasteiger partial charge is 0.480 e. The van der Waals surface area contributed by atoms with Crippen LogP contribution in [0, 0.1) is 0 Å². The highest BCUT2D eigenvalue weighted by Gasteiger charge is 2.45. The Morgan fingerprint density at radius 1 is 1.54 bits per heavy atom. The molecule has 0 aromatic carbocycles. The van der Waals surface area contributed by atoms with Crippen LogP contribution in [0.15, 0.2) is 0 Å². The highest BCUT2D eigenvalue weighted by atomic mass is 16.5. The van der Waals surface area contributed by atoms with Crippen molar-refractivity contribution in [1.82, 2.24) is 4.90 Å². The number of carboxylic acids is 1. The predicted octanol–water partition coefficient (Wildman–Crippen LogP) is 0.0544. The SMILES string of the molecule is CC(=O)N1C(C(=O)O)COC1(C)C. The first-order valence-corrected chi connectivity index (χ1v) is 4.03. The molecule has 0 spiro atoms. The summed E-state index contributed by atoms with van der Waals surface area (Å²) in [6.45, 7) is 4.75. The molecular formula is C8H13NO4. The maximum atomic E-state index is 11.2. The molecule has 5 heteroatoms. The van der Waals surface area contributed by atoms with Gasteiger partial charge < -0.3 is 9.84 Å². The van der Waals surface area contributed by atoms with Crippen LogP contribution in [-0.4, -0.2) is 40.3 Å². The lowest BCUT2D eigenvalue weighted by molar-refractivity contribution is -0.153. The molecule has 1 N–H and O–H groups in total. The average Bonchev–Trinajstić information content (AvgIpc) is 2.24. The van der Waals surface area contributed by atoms with E-state index in [1.807, 2.05) is 0 Å². The number of carbonyl (C=O) groups is 2. The summed E-state index contributed by atoms with van der Waals surface area (Å²) in [4.78, 5) is 23.1. The number of hydrogen-bond donors (Lipinski definition) is 1. The first-order valence-electron chi connectivity index (χ1n) is 4.03. The van der Waals surface area contributed by atoms with Gasteiger partial charge in [0.25, 0.3) is 0 Å². The van der Waals surface area contributed by atoms with E-state index in [4.69, 9.17) is 9.84 Å². The Morgan fingerprint density at radius 2 is 2.08 bits per heavy atom. The molecule has 0 radical (unpaired) electrons. The molecule has 1 aliphatic rings. The number of nitrogens with zero attached hydrogens (tertiary/aromatic N) is 1. The van der Waals surface area contributed by atoms with Gasteiger partial charge in [-0.1, -0.05) is 0 Å². The van der Waals surface area contributed by atoms with Crippen LogP contribution in [0.2, 0.25) is 0 Å². The first-order chi connectivity index (χ1) is 5.86. The van der Waals surface area contributed by atoms with Gasteiger partial charge in [0.2, 0.25) is 5.91 Å². The molecule has 0 bridgehead atoms. The second-order valence-corrected chi connectivity index (χ2v) is 3.50. The highest BCUT2D eigenvalue weighted by Crippen LogP contribution is 2.27. The van der Waals surface area contributed by atoms with Crippen LogP contribution in [0.1, 0.15) is 20.8 Å². The molecule has 1 fully saturated rings. The Labute approximate surface area is 76.3 Å². The lowest BCUT2D eigenvalue weighted by Crippen LogP contribution is -2.49. The number of carbonyl (C=O) groups excluding carboxylic acids is 1. The minimum Gasteiger partial charge on any atom is -0.480 e. The molecule has 0 aromatic heterocycles. The summed E-state index contributed by atoms with van der Waals surface area (Å²) in [5.74, 6) is -1.31. The van der Waals surface area contributed by atoms with Gasteiger partial charge in [-0.05, 0) is 13.8 Å². The van der Waals surface area contributed by atoms with Gasteiger partial charge in [-0.3, -0.25) is 9.69 Å². The third-order valence-electron chi connectivity index (χ3n) is 2.11. The lowest BCUT2D eigenvalue weighted by Gasteiger charge is -2.30. The van der Waals surface area contributed by atoms with Gasteiger partial charge in [-0.15, -0.1) is 0 Å². The van der Waals surface area contributed by atoms with Crippen LogP contribution in [0.4, 0.5) is 0 Å². The summed E-state index contributed by atoms with van der Waals surface area (Å²) in [7, 11) is 0. The number of ether oxygens (including phenoxy) is 1. The van der Waals surface area contributed by atoms with E-state index in [2.05, 4.69) is 0 Å². The van der Waals surface area contributed by atoms with E-state index in [-0.39, 0.29) is 12.5 Å². The zero-order valence-electron chi connectivity index (χ0n) is 7.90. The van der Waals surface area contributed by atoms with Crippen LogP contribution < -0.4 is 0 Å². The van der Waals surface area contributed by atoms with E-state index in [0.717, 1.165) is 0 Å². The molecule has 1 unspecified atom stereocenters. The summed E-state index contributed by atoms with van der Waals surface area (Å²) in [5.41, 5.74) is -0.811. The Hall–Kier alpha value is -1.10. The minimum absolute atomic E-state index is 0.0575. The van der Waals surface area contributed by atoms with Crippen molar-refractivity contribution in [2.24, 2.45) is 0 Å². The van der Waals surface area contributed by atoms with Crippen LogP contribution in [0.25, 0.3) is 0 Å². The van der Waals surface area contributed by atoms with Crippen molar-refractivity contribution >= 4 is 11.9 Å². The van der Waals surface area contributed by atoms with Crippen molar-refractivity contribution in [3.63, 3.8) is 0 Å². The molecule has 74 valence electrons. The quantitative estimate of drug-likeness (QED) is 0.630. The fourth-order valence-electron chi connectivity index (χ4n) is 1.58. The molecule has 1 atom stereocenters. The Balaban J connectivity index is 2.92. The molecule has 5 nitrogen and oxygen atoms in total. The minimum atomic E-state index is -1.03. The van der Waals surface area contributed by atoms with Crippen molar-refractivity contribution in [3.8, 4) is 0 Å². The van der Waals surface area contributed by atoms with E-state index in [9.17, 15) is 9.59 Å². The van der Waals surface area contributed by atoms with Crippen molar-refractivity contribution in [2.45, 2.75) is 32.5 Å². The van der Waals surface area contributed by atoms with Gasteiger partial charge >= 0.3 is 5.97 Å². The normalized spacial score (nSPS) is 26.1. The molecule has 1 amide bonds. The number of carboxylic acid groups (broad SMARTS) is 1. The van der Waals surface area contributed by atoms with Crippen LogP contribution in [0.5, 0.6) is 0 Å². The molecule has 1 rings (SSSR count). The molecule has 13 heavy (non-hydrogen) atoms.